The summed E-state index contributed by atoms with van der Waals surface area (Å²) in [4.78, 5) is 12.6. The lowest BCUT2D eigenvalue weighted by atomic mass is 9.98. The molecule has 0 aliphatic heterocycles. The molecule has 2 aromatic heterocycles. The van der Waals surface area contributed by atoms with Gasteiger partial charge in [-0.3, -0.25) is 4.68 Å². The van der Waals surface area contributed by atoms with Gasteiger partial charge in [0.1, 0.15) is 5.69 Å². The van der Waals surface area contributed by atoms with Crippen LogP contribution in [0, 0.1) is 6.92 Å². The first-order valence-electron chi connectivity index (χ1n) is 13.2. The van der Waals surface area contributed by atoms with Crippen LogP contribution >= 0.6 is 0 Å². The van der Waals surface area contributed by atoms with Gasteiger partial charge in [-0.1, -0.05) is 51.1 Å². The van der Waals surface area contributed by atoms with Gasteiger partial charge in [-0.05, 0) is 43.5 Å². The molecule has 38 heavy (non-hydrogen) atoms. The fraction of sp³-hybridized carbons (Fsp3) is 0.467. The minimum atomic E-state index is -1.88. The van der Waals surface area contributed by atoms with E-state index in [4.69, 9.17) is 9.16 Å². The number of fused-ring (bicyclic) bond motifs is 1. The molecular weight excluding hydrogens is 494 g/mol. The molecule has 206 valence electrons. The third-order valence-electron chi connectivity index (χ3n) is 7.63. The summed E-state index contributed by atoms with van der Waals surface area (Å²) >= 11 is 0. The molecule has 0 atom stereocenters. The molecule has 0 bridgehead atoms. The van der Waals surface area contributed by atoms with Gasteiger partial charge in [0.25, 0.3) is 0 Å². The lowest BCUT2D eigenvalue weighted by molar-refractivity contribution is 0.0685. The Hall–Kier alpha value is -2.94. The second-order valence-electron chi connectivity index (χ2n) is 11.3. The number of para-hydroxylation sites is 1. The minimum Gasteiger partial charge on any atom is -0.477 e. The summed E-state index contributed by atoms with van der Waals surface area (Å²) in [6.45, 7) is 22.6. The largest absolute Gasteiger partial charge is 0.477 e. The predicted molar refractivity (Wildman–Crippen MR) is 157 cm³/mol. The SMILES string of the molecule is C=CCOCc1c(-c2cccc3c(CCCO[Si](C)(C)C(C)(C)C)c(C(=O)O)n(CC=C)c23)c(C)nn1C. The Morgan fingerprint density at radius 3 is 2.53 bits per heavy atom. The van der Waals surface area contributed by atoms with E-state index in [1.165, 1.54) is 0 Å². The lowest BCUT2D eigenvalue weighted by Gasteiger charge is -2.36. The molecule has 8 heteroatoms. The second kappa shape index (κ2) is 11.8. The fourth-order valence-corrected chi connectivity index (χ4v) is 5.83. The van der Waals surface area contributed by atoms with E-state index in [2.05, 4.69) is 52.1 Å². The molecule has 0 fully saturated rings. The molecule has 7 nitrogen and oxygen atoms in total. The first kappa shape index (κ1) is 29.6. The smallest absolute Gasteiger partial charge is 0.352 e. The quantitative estimate of drug-likeness (QED) is 0.146. The van der Waals surface area contributed by atoms with Gasteiger partial charge in [-0.2, -0.15) is 5.10 Å². The normalized spacial score (nSPS) is 12.3. The Bertz CT molecular complexity index is 1330. The average Bonchev–Trinajstić information content (AvgIpc) is 3.29. The standard InChI is InChI=1S/C30H43N3O4Si/c1-10-17-33-27-22(23(28(33)29(34)35)16-13-19-37-38(8,9)30(4,5)6)14-12-15-24(27)26-21(3)31-32(7)25(26)20-36-18-11-2/h10-12,14-15H,1-2,13,16-20H2,3-9H3,(H,34,35). The third-order valence-corrected chi connectivity index (χ3v) is 12.2. The van der Waals surface area contributed by atoms with E-state index >= 15 is 0 Å². The molecule has 1 aromatic carbocycles. The molecular formula is C30H43N3O4Si. The molecule has 1 N–H and O–H groups in total. The third kappa shape index (κ3) is 5.87. The fourth-order valence-electron chi connectivity index (χ4n) is 4.74. The van der Waals surface area contributed by atoms with Crippen LogP contribution in [0.5, 0.6) is 0 Å². The van der Waals surface area contributed by atoms with Crippen molar-refractivity contribution in [3.05, 3.63) is 66.2 Å². The van der Waals surface area contributed by atoms with Crippen LogP contribution in [0.2, 0.25) is 18.1 Å². The van der Waals surface area contributed by atoms with E-state index in [0.29, 0.717) is 38.5 Å². The number of aryl methyl sites for hydroxylation is 3. The van der Waals surface area contributed by atoms with E-state index in [1.54, 1.807) is 12.2 Å². The van der Waals surface area contributed by atoms with Gasteiger partial charge in [0.15, 0.2) is 8.32 Å². The zero-order chi connectivity index (χ0) is 28.3. The Labute approximate surface area is 227 Å². The highest BCUT2D eigenvalue weighted by atomic mass is 28.4. The van der Waals surface area contributed by atoms with Gasteiger partial charge < -0.3 is 18.8 Å². The Morgan fingerprint density at radius 2 is 1.92 bits per heavy atom. The van der Waals surface area contributed by atoms with Gasteiger partial charge in [0.2, 0.25) is 0 Å². The number of benzene rings is 1. The molecule has 0 spiro atoms. The maximum atomic E-state index is 12.6. The van der Waals surface area contributed by atoms with Crippen molar-refractivity contribution in [2.24, 2.45) is 7.05 Å². The minimum absolute atomic E-state index is 0.128. The lowest BCUT2D eigenvalue weighted by Crippen LogP contribution is -2.41. The highest BCUT2D eigenvalue weighted by molar-refractivity contribution is 6.74. The maximum absolute atomic E-state index is 12.6. The number of carbonyl (C=O) groups is 1. The molecule has 3 rings (SSSR count). The van der Waals surface area contributed by atoms with Crippen molar-refractivity contribution in [2.45, 2.75) is 71.8 Å². The van der Waals surface area contributed by atoms with Crippen molar-refractivity contribution in [1.82, 2.24) is 14.3 Å². The zero-order valence-corrected chi connectivity index (χ0v) is 25.1. The van der Waals surface area contributed by atoms with Crippen LogP contribution in [-0.2, 0) is 35.8 Å². The van der Waals surface area contributed by atoms with Crippen LogP contribution in [0.1, 0.15) is 54.6 Å². The van der Waals surface area contributed by atoms with Crippen LogP contribution in [0.25, 0.3) is 22.0 Å². The Morgan fingerprint density at radius 1 is 1.21 bits per heavy atom. The highest BCUT2D eigenvalue weighted by Gasteiger charge is 2.37. The highest BCUT2D eigenvalue weighted by Crippen LogP contribution is 2.39. The van der Waals surface area contributed by atoms with Gasteiger partial charge in [-0.15, -0.1) is 13.2 Å². The van der Waals surface area contributed by atoms with E-state index in [-0.39, 0.29) is 5.04 Å². The number of carboxylic acid groups (broad SMARTS) is 1. The predicted octanol–water partition coefficient (Wildman–Crippen LogP) is 6.89. The number of nitrogens with zero attached hydrogens (tertiary/aromatic N) is 3. The van der Waals surface area contributed by atoms with Gasteiger partial charge in [-0.25, -0.2) is 4.79 Å². The summed E-state index contributed by atoms with van der Waals surface area (Å²) in [7, 11) is 0.0262. The number of carboxylic acids is 1. The molecule has 0 unspecified atom stereocenters. The van der Waals surface area contributed by atoms with E-state index in [9.17, 15) is 9.90 Å². The first-order valence-corrected chi connectivity index (χ1v) is 16.1. The summed E-state index contributed by atoms with van der Waals surface area (Å²) in [5, 5.41) is 16.1. The summed E-state index contributed by atoms with van der Waals surface area (Å²) < 4.78 is 15.9. The Balaban J connectivity index is 2.13. The molecule has 0 aliphatic rings. The van der Waals surface area contributed by atoms with Crippen LogP contribution in [0.4, 0.5) is 0 Å². The van der Waals surface area contributed by atoms with Crippen molar-refractivity contribution >= 4 is 25.2 Å². The molecule has 0 amide bonds. The van der Waals surface area contributed by atoms with Gasteiger partial charge in [0.05, 0.1) is 30.1 Å². The molecule has 0 saturated carbocycles. The summed E-state index contributed by atoms with van der Waals surface area (Å²) in [5.41, 5.74) is 5.74. The number of allylic oxidation sites excluding steroid dienone is 1. The van der Waals surface area contributed by atoms with Crippen molar-refractivity contribution in [3.63, 3.8) is 0 Å². The molecule has 0 saturated heterocycles. The van der Waals surface area contributed by atoms with Gasteiger partial charge in [0, 0.05) is 36.7 Å². The zero-order valence-electron chi connectivity index (χ0n) is 24.1. The van der Waals surface area contributed by atoms with E-state index in [1.807, 2.05) is 41.4 Å². The van der Waals surface area contributed by atoms with Crippen molar-refractivity contribution in [1.29, 1.82) is 0 Å². The summed E-state index contributed by atoms with van der Waals surface area (Å²) in [5.74, 6) is -0.938. The van der Waals surface area contributed by atoms with Crippen molar-refractivity contribution < 1.29 is 19.1 Å². The van der Waals surface area contributed by atoms with Crippen molar-refractivity contribution in [2.75, 3.05) is 13.2 Å². The van der Waals surface area contributed by atoms with Gasteiger partial charge >= 0.3 is 5.97 Å². The molecule has 2 heterocycles. The monoisotopic (exact) mass is 537 g/mol. The van der Waals surface area contributed by atoms with Crippen molar-refractivity contribution in [3.8, 4) is 11.1 Å². The Kier molecular flexibility index (Phi) is 9.23. The van der Waals surface area contributed by atoms with Crippen LogP contribution < -0.4 is 0 Å². The molecule has 0 radical (unpaired) electrons. The topological polar surface area (TPSA) is 78.5 Å². The van der Waals surface area contributed by atoms with E-state index < -0.39 is 14.3 Å². The first-order chi connectivity index (χ1) is 17.9. The second-order valence-corrected chi connectivity index (χ2v) is 16.1. The number of aromatic carboxylic acids is 1. The van der Waals surface area contributed by atoms with Crippen LogP contribution in [0.15, 0.2) is 43.5 Å². The number of aromatic nitrogens is 3. The molecule has 0 aliphatic carbocycles. The maximum Gasteiger partial charge on any atom is 0.352 e. The summed E-state index contributed by atoms with van der Waals surface area (Å²) in [6.07, 6.45) is 4.83. The number of hydrogen-bond donors (Lipinski definition) is 1. The molecule has 3 aromatic rings. The van der Waals surface area contributed by atoms with Crippen LogP contribution in [0.3, 0.4) is 0 Å². The van der Waals surface area contributed by atoms with E-state index in [0.717, 1.165) is 45.4 Å². The summed E-state index contributed by atoms with van der Waals surface area (Å²) in [6, 6.07) is 6.06. The van der Waals surface area contributed by atoms with Crippen LogP contribution in [-0.4, -0.2) is 47.0 Å². The number of hydrogen-bond acceptors (Lipinski definition) is 4. The average molecular weight is 538 g/mol. The number of ether oxygens (including phenoxy) is 1. The number of rotatable bonds is 13.